The van der Waals surface area contributed by atoms with Crippen molar-refractivity contribution in [1.82, 2.24) is 9.97 Å². The second kappa shape index (κ2) is 5.66. The molecule has 0 amide bonds. The van der Waals surface area contributed by atoms with Gasteiger partial charge < -0.3 is 15.8 Å². The van der Waals surface area contributed by atoms with Crippen LogP contribution in [0.5, 0.6) is 5.75 Å². The van der Waals surface area contributed by atoms with Crippen LogP contribution < -0.4 is 15.8 Å². The highest BCUT2D eigenvalue weighted by Crippen LogP contribution is 2.19. The third-order valence-corrected chi connectivity index (χ3v) is 3.19. The molecule has 5 nitrogen and oxygen atoms in total. The number of hydrogen-bond donors (Lipinski definition) is 2. The highest BCUT2D eigenvalue weighted by atomic mass is 16.5. The Bertz CT molecular complexity index is 756. The lowest BCUT2D eigenvalue weighted by molar-refractivity contribution is 0.296. The average Bonchev–Trinajstić information content (AvgIpc) is 2.53. The molecule has 3 N–H and O–H groups in total. The molecule has 2 aromatic carbocycles. The molecule has 0 aliphatic carbocycles. The van der Waals surface area contributed by atoms with Gasteiger partial charge >= 0.3 is 0 Å². The Balaban J connectivity index is 1.78. The van der Waals surface area contributed by atoms with Gasteiger partial charge in [-0.05, 0) is 36.4 Å². The summed E-state index contributed by atoms with van der Waals surface area (Å²) in [6, 6.07) is 15.4. The van der Waals surface area contributed by atoms with Crippen LogP contribution in [0.15, 0.2) is 48.5 Å². The molecule has 0 radical (unpaired) electrons. The Labute approximate surface area is 122 Å². The summed E-state index contributed by atoms with van der Waals surface area (Å²) < 4.78 is 5.69. The van der Waals surface area contributed by atoms with E-state index in [4.69, 9.17) is 10.5 Å². The predicted octanol–water partition coefficient (Wildman–Crippen LogP) is 2.83. The molecule has 1 aromatic heterocycles. The summed E-state index contributed by atoms with van der Waals surface area (Å²) in [6.45, 7) is 0.286. The molecule has 0 atom stereocenters. The minimum absolute atomic E-state index is 0.286. The predicted molar refractivity (Wildman–Crippen MR) is 84.3 cm³/mol. The topological polar surface area (TPSA) is 73.1 Å². The summed E-state index contributed by atoms with van der Waals surface area (Å²) in [5.41, 5.74) is 7.81. The Morgan fingerprint density at radius 1 is 1.05 bits per heavy atom. The van der Waals surface area contributed by atoms with Crippen molar-refractivity contribution in [3.63, 3.8) is 0 Å². The van der Waals surface area contributed by atoms with Crippen LogP contribution in [0, 0.1) is 0 Å². The molecule has 0 unspecified atom stereocenters. The summed E-state index contributed by atoms with van der Waals surface area (Å²) in [7, 11) is 1.88. The van der Waals surface area contributed by atoms with Crippen molar-refractivity contribution >= 4 is 22.4 Å². The van der Waals surface area contributed by atoms with Crippen LogP contribution in [0.3, 0.4) is 0 Å². The lowest BCUT2D eigenvalue weighted by atomic mass is 10.2. The van der Waals surface area contributed by atoms with Gasteiger partial charge in [-0.3, -0.25) is 0 Å². The van der Waals surface area contributed by atoms with E-state index in [9.17, 15) is 0 Å². The van der Waals surface area contributed by atoms with Crippen molar-refractivity contribution in [2.45, 2.75) is 6.61 Å². The highest BCUT2D eigenvalue weighted by Gasteiger charge is 2.05. The lowest BCUT2D eigenvalue weighted by Crippen LogP contribution is -2.05. The van der Waals surface area contributed by atoms with Crippen LogP contribution in [0.2, 0.25) is 0 Å². The molecule has 5 heteroatoms. The van der Waals surface area contributed by atoms with Gasteiger partial charge in [-0.1, -0.05) is 12.1 Å². The number of anilines is 2. The van der Waals surface area contributed by atoms with Crippen LogP contribution >= 0.6 is 0 Å². The minimum atomic E-state index is 0.286. The van der Waals surface area contributed by atoms with Crippen LogP contribution in [0.25, 0.3) is 10.9 Å². The fraction of sp³-hybridized carbons (Fsp3) is 0.125. The third kappa shape index (κ3) is 2.86. The van der Waals surface area contributed by atoms with Crippen molar-refractivity contribution in [2.24, 2.45) is 0 Å². The van der Waals surface area contributed by atoms with Crippen molar-refractivity contribution in [1.29, 1.82) is 0 Å². The number of aromatic nitrogens is 2. The first-order valence-corrected chi connectivity index (χ1v) is 6.68. The van der Waals surface area contributed by atoms with E-state index >= 15 is 0 Å². The zero-order chi connectivity index (χ0) is 14.7. The van der Waals surface area contributed by atoms with E-state index in [-0.39, 0.29) is 6.61 Å². The molecule has 3 rings (SSSR count). The van der Waals surface area contributed by atoms with Gasteiger partial charge in [-0.15, -0.1) is 0 Å². The quantitative estimate of drug-likeness (QED) is 0.768. The standard InChI is InChI=1S/C16H16N4O/c1-18-11-6-8-12(9-7-11)21-10-15-19-14-5-3-2-4-13(14)16(17)20-15/h2-9,18H,10H2,1H3,(H2,17,19,20). The largest absolute Gasteiger partial charge is 0.486 e. The summed E-state index contributed by atoms with van der Waals surface area (Å²) in [5.74, 6) is 1.82. The smallest absolute Gasteiger partial charge is 0.168 e. The molecule has 21 heavy (non-hydrogen) atoms. The number of nitrogens with one attached hydrogen (secondary N) is 1. The van der Waals surface area contributed by atoms with Gasteiger partial charge in [0, 0.05) is 18.1 Å². The first-order valence-electron chi connectivity index (χ1n) is 6.68. The molecular formula is C16H16N4O. The first-order chi connectivity index (χ1) is 10.3. The molecule has 0 spiro atoms. The van der Waals surface area contributed by atoms with Gasteiger partial charge in [0.05, 0.1) is 5.52 Å². The summed E-state index contributed by atoms with van der Waals surface area (Å²) in [4.78, 5) is 8.74. The Morgan fingerprint density at radius 3 is 2.57 bits per heavy atom. The highest BCUT2D eigenvalue weighted by molar-refractivity contribution is 5.87. The van der Waals surface area contributed by atoms with Crippen LogP contribution in [0.1, 0.15) is 5.82 Å². The molecule has 0 fully saturated rings. The maximum atomic E-state index is 5.95. The number of para-hydroxylation sites is 1. The van der Waals surface area contributed by atoms with E-state index in [1.165, 1.54) is 0 Å². The Hall–Kier alpha value is -2.82. The van der Waals surface area contributed by atoms with E-state index in [1.807, 2.05) is 55.6 Å². The van der Waals surface area contributed by atoms with Gasteiger partial charge in [-0.2, -0.15) is 0 Å². The maximum absolute atomic E-state index is 5.95. The molecule has 0 aliphatic rings. The van der Waals surface area contributed by atoms with Gasteiger partial charge in [-0.25, -0.2) is 9.97 Å². The minimum Gasteiger partial charge on any atom is -0.486 e. The first kappa shape index (κ1) is 13.2. The molecule has 106 valence electrons. The number of fused-ring (bicyclic) bond motifs is 1. The second-order valence-electron chi connectivity index (χ2n) is 4.61. The number of ether oxygens (including phenoxy) is 1. The summed E-state index contributed by atoms with van der Waals surface area (Å²) in [6.07, 6.45) is 0. The molecular weight excluding hydrogens is 264 g/mol. The van der Waals surface area contributed by atoms with Gasteiger partial charge in [0.25, 0.3) is 0 Å². The monoisotopic (exact) mass is 280 g/mol. The molecule has 0 saturated heterocycles. The SMILES string of the molecule is CNc1ccc(OCc2nc(N)c3ccccc3n2)cc1. The van der Waals surface area contributed by atoms with E-state index in [0.717, 1.165) is 22.3 Å². The zero-order valence-corrected chi connectivity index (χ0v) is 11.7. The van der Waals surface area contributed by atoms with Crippen LogP contribution in [-0.4, -0.2) is 17.0 Å². The fourth-order valence-electron chi connectivity index (χ4n) is 2.08. The molecule has 3 aromatic rings. The summed E-state index contributed by atoms with van der Waals surface area (Å²) >= 11 is 0. The second-order valence-corrected chi connectivity index (χ2v) is 4.61. The van der Waals surface area contributed by atoms with Crippen molar-refractivity contribution in [3.8, 4) is 5.75 Å². The number of rotatable bonds is 4. The molecule has 0 saturated carbocycles. The number of hydrogen-bond acceptors (Lipinski definition) is 5. The van der Waals surface area contributed by atoms with E-state index < -0.39 is 0 Å². The maximum Gasteiger partial charge on any atom is 0.168 e. The molecule has 1 heterocycles. The number of nitrogens with two attached hydrogens (primary N) is 1. The molecule has 0 aliphatic heterocycles. The van der Waals surface area contributed by atoms with Crippen molar-refractivity contribution in [3.05, 3.63) is 54.4 Å². The summed E-state index contributed by atoms with van der Waals surface area (Å²) in [5, 5.41) is 3.92. The lowest BCUT2D eigenvalue weighted by Gasteiger charge is -2.08. The van der Waals surface area contributed by atoms with Crippen molar-refractivity contribution < 1.29 is 4.74 Å². The normalized spacial score (nSPS) is 10.5. The van der Waals surface area contributed by atoms with Gasteiger partial charge in [0.1, 0.15) is 18.2 Å². The van der Waals surface area contributed by atoms with Crippen molar-refractivity contribution in [2.75, 3.05) is 18.1 Å². The van der Waals surface area contributed by atoms with Crippen LogP contribution in [-0.2, 0) is 6.61 Å². The Kier molecular flexibility index (Phi) is 3.55. The van der Waals surface area contributed by atoms with Gasteiger partial charge in [0.2, 0.25) is 0 Å². The fourth-order valence-corrected chi connectivity index (χ4v) is 2.08. The van der Waals surface area contributed by atoms with E-state index in [0.29, 0.717) is 11.6 Å². The number of nitrogen functional groups attached to an aromatic ring is 1. The van der Waals surface area contributed by atoms with Gasteiger partial charge in [0.15, 0.2) is 5.82 Å². The number of benzene rings is 2. The zero-order valence-electron chi connectivity index (χ0n) is 11.7. The Morgan fingerprint density at radius 2 is 1.81 bits per heavy atom. The van der Waals surface area contributed by atoms with Crippen LogP contribution in [0.4, 0.5) is 11.5 Å². The molecule has 0 bridgehead atoms. The average molecular weight is 280 g/mol. The van der Waals surface area contributed by atoms with E-state index in [2.05, 4.69) is 15.3 Å². The third-order valence-electron chi connectivity index (χ3n) is 3.19. The van der Waals surface area contributed by atoms with E-state index in [1.54, 1.807) is 0 Å². The number of nitrogens with zero attached hydrogens (tertiary/aromatic N) is 2.